The van der Waals surface area contributed by atoms with Gasteiger partial charge >= 0.3 is 6.09 Å². The molecule has 1 saturated heterocycles. The first kappa shape index (κ1) is 32.8. The first-order valence-electron chi connectivity index (χ1n) is 15.7. The lowest BCUT2D eigenvalue weighted by molar-refractivity contribution is -0.0941. The molecular weight excluding hydrogens is 580 g/mol. The second-order valence-corrected chi connectivity index (χ2v) is 12.4. The third-order valence-corrected chi connectivity index (χ3v) is 7.92. The molecule has 0 aliphatic carbocycles. The van der Waals surface area contributed by atoms with Gasteiger partial charge in [-0.15, -0.1) is 0 Å². The number of hydrogen-bond acceptors (Lipinski definition) is 7. The SMILES string of the molecule is COCCOc1c(COC2CC(c3ccc(OCc4cccc(C#N)c4)cc3)CCN2C(=O)OC(C)(C)C)ccc2ccccc12. The van der Waals surface area contributed by atoms with E-state index in [-0.39, 0.29) is 18.6 Å². The molecule has 1 amide bonds. The zero-order valence-corrected chi connectivity index (χ0v) is 27.0. The molecule has 4 aromatic rings. The minimum atomic E-state index is -0.620. The van der Waals surface area contributed by atoms with E-state index in [9.17, 15) is 4.79 Å². The first-order valence-corrected chi connectivity index (χ1v) is 15.7. The molecule has 1 fully saturated rings. The summed E-state index contributed by atoms with van der Waals surface area (Å²) in [4.78, 5) is 15.0. The number of amides is 1. The Morgan fingerprint density at radius 2 is 1.74 bits per heavy atom. The summed E-state index contributed by atoms with van der Waals surface area (Å²) in [7, 11) is 1.65. The highest BCUT2D eigenvalue weighted by atomic mass is 16.6. The van der Waals surface area contributed by atoms with Gasteiger partial charge in [-0.2, -0.15) is 5.26 Å². The van der Waals surface area contributed by atoms with Crippen molar-refractivity contribution >= 4 is 16.9 Å². The van der Waals surface area contributed by atoms with Crippen molar-refractivity contribution in [3.05, 3.63) is 107 Å². The van der Waals surface area contributed by atoms with Crippen molar-refractivity contribution in [1.82, 2.24) is 4.90 Å². The minimum absolute atomic E-state index is 0.180. The summed E-state index contributed by atoms with van der Waals surface area (Å²) in [6, 6.07) is 29.9. The van der Waals surface area contributed by atoms with E-state index in [0.29, 0.717) is 38.3 Å². The number of hydrogen-bond donors (Lipinski definition) is 0. The quantitative estimate of drug-likeness (QED) is 0.157. The number of nitrogens with zero attached hydrogens (tertiary/aromatic N) is 2. The Kier molecular flexibility index (Phi) is 10.8. The van der Waals surface area contributed by atoms with E-state index >= 15 is 0 Å². The van der Waals surface area contributed by atoms with Crippen molar-refractivity contribution in [2.45, 2.75) is 64.6 Å². The fourth-order valence-corrected chi connectivity index (χ4v) is 5.64. The Morgan fingerprint density at radius 1 is 0.935 bits per heavy atom. The summed E-state index contributed by atoms with van der Waals surface area (Å²) in [5.41, 5.74) is 3.00. The van der Waals surface area contributed by atoms with Crippen molar-refractivity contribution in [3.8, 4) is 17.6 Å². The first-order chi connectivity index (χ1) is 22.2. The highest BCUT2D eigenvalue weighted by Crippen LogP contribution is 2.36. The molecule has 2 atom stereocenters. The molecule has 0 aromatic heterocycles. The largest absolute Gasteiger partial charge is 0.490 e. The number of benzene rings is 4. The van der Waals surface area contributed by atoms with E-state index in [2.05, 4.69) is 30.3 Å². The van der Waals surface area contributed by atoms with Crippen LogP contribution in [0.15, 0.2) is 84.9 Å². The molecule has 2 unspecified atom stereocenters. The molecule has 0 radical (unpaired) electrons. The summed E-state index contributed by atoms with van der Waals surface area (Å²) >= 11 is 0. The number of fused-ring (bicyclic) bond motifs is 1. The number of piperidine rings is 1. The van der Waals surface area contributed by atoms with Gasteiger partial charge in [0.05, 0.1) is 24.8 Å². The lowest BCUT2D eigenvalue weighted by Crippen LogP contribution is -2.48. The van der Waals surface area contributed by atoms with Gasteiger partial charge in [0.1, 0.15) is 36.5 Å². The average molecular weight is 623 g/mol. The van der Waals surface area contributed by atoms with E-state index in [1.807, 2.05) is 75.4 Å². The topological polar surface area (TPSA) is 90.3 Å². The Hall–Kier alpha value is -4.58. The highest BCUT2D eigenvalue weighted by Gasteiger charge is 2.35. The van der Waals surface area contributed by atoms with Crippen LogP contribution in [0, 0.1) is 11.3 Å². The Bertz CT molecular complexity index is 1660. The third kappa shape index (κ3) is 8.57. The Labute approximate surface area is 271 Å². The number of methoxy groups -OCH3 is 1. The summed E-state index contributed by atoms with van der Waals surface area (Å²) in [5.74, 6) is 1.70. The lowest BCUT2D eigenvalue weighted by atomic mass is 9.88. The van der Waals surface area contributed by atoms with Crippen molar-refractivity contribution in [2.75, 3.05) is 26.9 Å². The molecule has 5 rings (SSSR count). The van der Waals surface area contributed by atoms with E-state index in [4.69, 9.17) is 28.9 Å². The van der Waals surface area contributed by atoms with Crippen molar-refractivity contribution in [2.24, 2.45) is 0 Å². The maximum absolute atomic E-state index is 13.3. The summed E-state index contributed by atoms with van der Waals surface area (Å²) in [6.45, 7) is 7.65. The number of likely N-dealkylation sites (tertiary alicyclic amines) is 1. The van der Waals surface area contributed by atoms with Gasteiger partial charge in [0.15, 0.2) is 0 Å². The molecule has 0 saturated carbocycles. The van der Waals surface area contributed by atoms with Crippen molar-refractivity contribution < 1.29 is 28.5 Å². The maximum atomic E-state index is 13.3. The van der Waals surface area contributed by atoms with Crippen LogP contribution in [-0.4, -0.2) is 49.7 Å². The molecule has 8 nitrogen and oxygen atoms in total. The second-order valence-electron chi connectivity index (χ2n) is 12.4. The van der Waals surface area contributed by atoms with E-state index in [1.165, 1.54) is 0 Å². The van der Waals surface area contributed by atoms with Gasteiger partial charge in [-0.1, -0.05) is 60.7 Å². The van der Waals surface area contributed by atoms with Crippen LogP contribution in [0.3, 0.4) is 0 Å². The monoisotopic (exact) mass is 622 g/mol. The van der Waals surface area contributed by atoms with Gasteiger partial charge in [0, 0.05) is 24.6 Å². The van der Waals surface area contributed by atoms with Gasteiger partial charge in [0.25, 0.3) is 0 Å². The highest BCUT2D eigenvalue weighted by molar-refractivity contribution is 5.89. The molecule has 0 spiro atoms. The van der Waals surface area contributed by atoms with Gasteiger partial charge in [-0.05, 0) is 80.3 Å². The van der Waals surface area contributed by atoms with Crippen LogP contribution in [0.4, 0.5) is 4.79 Å². The number of carbonyl (C=O) groups excluding carboxylic acids is 1. The summed E-state index contributed by atoms with van der Waals surface area (Å²) < 4.78 is 29.7. The van der Waals surface area contributed by atoms with Gasteiger partial charge in [-0.3, -0.25) is 4.90 Å². The zero-order valence-electron chi connectivity index (χ0n) is 27.0. The Balaban J connectivity index is 1.31. The lowest BCUT2D eigenvalue weighted by Gasteiger charge is -2.40. The predicted octanol–water partition coefficient (Wildman–Crippen LogP) is 7.97. The second kappa shape index (κ2) is 15.1. The minimum Gasteiger partial charge on any atom is -0.490 e. The number of nitriles is 1. The van der Waals surface area contributed by atoms with Crippen LogP contribution in [0.25, 0.3) is 10.8 Å². The van der Waals surface area contributed by atoms with Gasteiger partial charge in [-0.25, -0.2) is 4.79 Å². The standard InChI is InChI=1S/C38H42N2O6/c1-38(2,3)46-37(41)40-19-18-31(29-14-16-33(17-15-29)44-25-28-9-7-8-27(22-28)24-39)23-35(40)45-26-32-13-12-30-10-5-6-11-34(30)36(32)43-21-20-42-4/h5-17,22,31,35H,18-21,23,25-26H2,1-4H3. The summed E-state index contributed by atoms with van der Waals surface area (Å²) in [6.07, 6.45) is 0.528. The number of ether oxygens (including phenoxy) is 5. The van der Waals surface area contributed by atoms with Crippen LogP contribution in [0.5, 0.6) is 11.5 Å². The molecule has 240 valence electrons. The van der Waals surface area contributed by atoms with Crippen molar-refractivity contribution in [3.63, 3.8) is 0 Å². The molecule has 46 heavy (non-hydrogen) atoms. The fraction of sp³-hybridized carbons (Fsp3) is 0.368. The maximum Gasteiger partial charge on any atom is 0.412 e. The Morgan fingerprint density at radius 3 is 2.50 bits per heavy atom. The van der Waals surface area contributed by atoms with Gasteiger partial charge < -0.3 is 23.7 Å². The normalized spacial score (nSPS) is 16.5. The zero-order chi connectivity index (χ0) is 32.5. The van der Waals surface area contributed by atoms with Crippen LogP contribution in [-0.2, 0) is 27.4 Å². The molecule has 1 heterocycles. The predicted molar refractivity (Wildman–Crippen MR) is 177 cm³/mol. The van der Waals surface area contributed by atoms with Crippen LogP contribution < -0.4 is 9.47 Å². The molecule has 1 aliphatic rings. The molecule has 1 aliphatic heterocycles. The molecule has 0 bridgehead atoms. The van der Waals surface area contributed by atoms with Crippen LogP contribution >= 0.6 is 0 Å². The molecule has 8 heteroatoms. The average Bonchev–Trinajstić information content (AvgIpc) is 3.06. The number of carbonyl (C=O) groups is 1. The molecule has 4 aromatic carbocycles. The fourth-order valence-electron chi connectivity index (χ4n) is 5.64. The van der Waals surface area contributed by atoms with Crippen LogP contribution in [0.1, 0.15) is 61.8 Å². The molecular formula is C38H42N2O6. The van der Waals surface area contributed by atoms with E-state index in [0.717, 1.165) is 45.4 Å². The van der Waals surface area contributed by atoms with Gasteiger partial charge in [0.2, 0.25) is 0 Å². The summed E-state index contributed by atoms with van der Waals surface area (Å²) in [5, 5.41) is 11.2. The molecule has 0 N–H and O–H groups in total. The van der Waals surface area contributed by atoms with E-state index < -0.39 is 11.8 Å². The van der Waals surface area contributed by atoms with Crippen LogP contribution in [0.2, 0.25) is 0 Å². The van der Waals surface area contributed by atoms with E-state index in [1.54, 1.807) is 18.1 Å². The van der Waals surface area contributed by atoms with Crippen molar-refractivity contribution in [1.29, 1.82) is 5.26 Å². The third-order valence-electron chi connectivity index (χ3n) is 7.92. The smallest absolute Gasteiger partial charge is 0.412 e. The number of rotatable bonds is 11.